The highest BCUT2D eigenvalue weighted by Crippen LogP contribution is 2.15. The van der Waals surface area contributed by atoms with Crippen LogP contribution in [0.15, 0.2) is 54.6 Å². The molecule has 0 unspecified atom stereocenters. The maximum Gasteiger partial charge on any atom is 0.217 e. The van der Waals surface area contributed by atoms with Crippen molar-refractivity contribution in [3.63, 3.8) is 0 Å². The maximum atomic E-state index is 5.73. The molecule has 0 radical (unpaired) electrons. The SMILES string of the molecule is Cc1ccc(-c2nc(=S)n(CN(C)CCOc3ccccc3)[nH]2)cc1. The molecule has 0 aliphatic carbocycles. The number of aryl methyl sites for hydroxylation is 1. The van der Waals surface area contributed by atoms with Crippen LogP contribution >= 0.6 is 12.2 Å². The predicted molar refractivity (Wildman–Crippen MR) is 102 cm³/mol. The normalized spacial score (nSPS) is 11.0. The van der Waals surface area contributed by atoms with E-state index in [0.717, 1.165) is 23.7 Å². The average molecular weight is 354 g/mol. The van der Waals surface area contributed by atoms with Crippen LogP contribution in [0.2, 0.25) is 0 Å². The lowest BCUT2D eigenvalue weighted by molar-refractivity contribution is 0.198. The average Bonchev–Trinajstić information content (AvgIpc) is 2.97. The summed E-state index contributed by atoms with van der Waals surface area (Å²) >= 11 is 5.37. The molecule has 2 aromatic carbocycles. The van der Waals surface area contributed by atoms with Crippen molar-refractivity contribution in [3.05, 3.63) is 64.9 Å². The van der Waals surface area contributed by atoms with Crippen LogP contribution in [0.25, 0.3) is 11.4 Å². The van der Waals surface area contributed by atoms with Gasteiger partial charge in [0, 0.05) is 12.1 Å². The second-order valence-electron chi connectivity index (χ2n) is 6.03. The Bertz CT molecular complexity index is 855. The summed E-state index contributed by atoms with van der Waals surface area (Å²) in [5, 5.41) is 3.28. The van der Waals surface area contributed by atoms with Gasteiger partial charge in [0.2, 0.25) is 4.77 Å². The molecule has 3 aromatic rings. The summed E-state index contributed by atoms with van der Waals surface area (Å²) in [6.07, 6.45) is 0. The highest BCUT2D eigenvalue weighted by Gasteiger charge is 2.07. The van der Waals surface area contributed by atoms with Crippen LogP contribution < -0.4 is 4.74 Å². The Morgan fingerprint density at radius 2 is 1.84 bits per heavy atom. The molecule has 1 heterocycles. The van der Waals surface area contributed by atoms with E-state index >= 15 is 0 Å². The summed E-state index contributed by atoms with van der Waals surface area (Å²) in [4.78, 5) is 6.59. The van der Waals surface area contributed by atoms with Crippen molar-refractivity contribution in [2.45, 2.75) is 13.6 Å². The molecule has 0 amide bonds. The molecule has 0 saturated heterocycles. The van der Waals surface area contributed by atoms with Crippen LogP contribution in [0.5, 0.6) is 5.75 Å². The van der Waals surface area contributed by atoms with Crippen LogP contribution in [-0.2, 0) is 6.67 Å². The van der Waals surface area contributed by atoms with E-state index in [2.05, 4.69) is 34.0 Å². The van der Waals surface area contributed by atoms with Gasteiger partial charge in [-0.2, -0.15) is 4.98 Å². The summed E-state index contributed by atoms with van der Waals surface area (Å²) in [7, 11) is 2.03. The largest absolute Gasteiger partial charge is 0.492 e. The fourth-order valence-corrected chi connectivity index (χ4v) is 2.64. The molecule has 1 N–H and O–H groups in total. The van der Waals surface area contributed by atoms with E-state index in [-0.39, 0.29) is 0 Å². The number of ether oxygens (including phenoxy) is 1. The van der Waals surface area contributed by atoms with Crippen LogP contribution in [0.3, 0.4) is 0 Å². The van der Waals surface area contributed by atoms with Gasteiger partial charge in [-0.1, -0.05) is 48.0 Å². The third-order valence-electron chi connectivity index (χ3n) is 3.87. The van der Waals surface area contributed by atoms with Gasteiger partial charge in [0.05, 0.1) is 6.67 Å². The first-order valence-electron chi connectivity index (χ1n) is 8.22. The maximum absolute atomic E-state index is 5.73. The van der Waals surface area contributed by atoms with E-state index in [1.165, 1.54) is 5.56 Å². The third kappa shape index (κ3) is 4.78. The molecule has 130 valence electrons. The van der Waals surface area contributed by atoms with Gasteiger partial charge >= 0.3 is 0 Å². The van der Waals surface area contributed by atoms with Crippen molar-refractivity contribution in [3.8, 4) is 17.1 Å². The number of nitrogens with one attached hydrogen (secondary N) is 1. The zero-order valence-electron chi connectivity index (χ0n) is 14.5. The van der Waals surface area contributed by atoms with Gasteiger partial charge in [-0.25, -0.2) is 4.68 Å². The number of H-pyrrole nitrogens is 1. The van der Waals surface area contributed by atoms with Crippen molar-refractivity contribution in [1.82, 2.24) is 19.7 Å². The van der Waals surface area contributed by atoms with Gasteiger partial charge in [0.25, 0.3) is 0 Å². The van der Waals surface area contributed by atoms with Crippen molar-refractivity contribution in [2.75, 3.05) is 20.2 Å². The van der Waals surface area contributed by atoms with Crippen LogP contribution in [0.4, 0.5) is 0 Å². The first-order chi connectivity index (χ1) is 12.1. The Labute approximate surface area is 152 Å². The molecule has 0 aliphatic heterocycles. The molecule has 1 aromatic heterocycles. The molecule has 3 rings (SSSR count). The van der Waals surface area contributed by atoms with Crippen LogP contribution in [0.1, 0.15) is 5.56 Å². The first-order valence-corrected chi connectivity index (χ1v) is 8.63. The molecule has 0 aliphatic rings. The number of para-hydroxylation sites is 1. The second kappa shape index (κ2) is 8.09. The molecule has 0 atom stereocenters. The van der Waals surface area contributed by atoms with Crippen LogP contribution in [-0.4, -0.2) is 39.9 Å². The molecule has 0 saturated carbocycles. The molecular formula is C19H22N4OS. The molecular weight excluding hydrogens is 332 g/mol. The standard InChI is InChI=1S/C19H22N4OS/c1-15-8-10-16(11-9-15)18-20-19(25)23(21-18)14-22(2)12-13-24-17-6-4-3-5-7-17/h3-11H,12-14H2,1-2H3,(H,20,21,25). The lowest BCUT2D eigenvalue weighted by Gasteiger charge is -2.17. The molecule has 0 fully saturated rings. The van der Waals surface area contributed by atoms with E-state index in [1.807, 2.05) is 54.2 Å². The fraction of sp³-hybridized carbons (Fsp3) is 0.263. The molecule has 0 spiro atoms. The van der Waals surface area contributed by atoms with E-state index < -0.39 is 0 Å². The van der Waals surface area contributed by atoms with Crippen molar-refractivity contribution < 1.29 is 4.74 Å². The number of hydrogen-bond acceptors (Lipinski definition) is 4. The van der Waals surface area contributed by atoms with E-state index in [1.54, 1.807) is 0 Å². The van der Waals surface area contributed by atoms with Crippen molar-refractivity contribution in [1.29, 1.82) is 0 Å². The summed E-state index contributed by atoms with van der Waals surface area (Å²) in [6, 6.07) is 18.1. The summed E-state index contributed by atoms with van der Waals surface area (Å²) in [5.41, 5.74) is 2.26. The van der Waals surface area contributed by atoms with Crippen molar-refractivity contribution in [2.24, 2.45) is 0 Å². The lowest BCUT2D eigenvalue weighted by Crippen LogP contribution is -2.27. The molecule has 6 heteroatoms. The van der Waals surface area contributed by atoms with Gasteiger partial charge in [0.15, 0.2) is 5.82 Å². The van der Waals surface area contributed by atoms with Gasteiger partial charge < -0.3 is 4.74 Å². The predicted octanol–water partition coefficient (Wildman–Crippen LogP) is 3.88. The lowest BCUT2D eigenvalue weighted by atomic mass is 10.1. The Balaban J connectivity index is 1.57. The number of rotatable bonds is 7. The number of nitrogens with zero attached hydrogens (tertiary/aromatic N) is 3. The first kappa shape index (κ1) is 17.4. The number of benzene rings is 2. The highest BCUT2D eigenvalue weighted by molar-refractivity contribution is 7.71. The number of likely N-dealkylation sites (N-methyl/N-ethyl adjacent to an activating group) is 1. The molecule has 5 nitrogen and oxygen atoms in total. The van der Waals surface area contributed by atoms with Gasteiger partial charge in [0.1, 0.15) is 12.4 Å². The Hall–Kier alpha value is -2.44. The van der Waals surface area contributed by atoms with E-state index in [0.29, 0.717) is 18.0 Å². The van der Waals surface area contributed by atoms with Gasteiger partial charge in [-0.3, -0.25) is 10.00 Å². The quantitative estimate of drug-likeness (QED) is 0.654. The third-order valence-corrected chi connectivity index (χ3v) is 4.18. The van der Waals surface area contributed by atoms with Gasteiger partial charge in [-0.15, -0.1) is 0 Å². The van der Waals surface area contributed by atoms with Crippen LogP contribution in [0, 0.1) is 11.7 Å². The van der Waals surface area contributed by atoms with Crippen molar-refractivity contribution >= 4 is 12.2 Å². The summed E-state index contributed by atoms with van der Waals surface area (Å²) in [5.74, 6) is 1.68. The smallest absolute Gasteiger partial charge is 0.217 e. The minimum absolute atomic E-state index is 0.548. The minimum atomic E-state index is 0.548. The monoisotopic (exact) mass is 354 g/mol. The topological polar surface area (TPSA) is 46.1 Å². The van der Waals surface area contributed by atoms with E-state index in [4.69, 9.17) is 17.0 Å². The summed E-state index contributed by atoms with van der Waals surface area (Å²) in [6.45, 7) is 4.11. The minimum Gasteiger partial charge on any atom is -0.492 e. The Morgan fingerprint density at radius 1 is 1.12 bits per heavy atom. The van der Waals surface area contributed by atoms with E-state index in [9.17, 15) is 0 Å². The Morgan fingerprint density at radius 3 is 2.56 bits per heavy atom. The second-order valence-corrected chi connectivity index (χ2v) is 6.40. The fourth-order valence-electron chi connectivity index (χ4n) is 2.44. The zero-order chi connectivity index (χ0) is 17.6. The summed E-state index contributed by atoms with van der Waals surface area (Å²) < 4.78 is 8.14. The molecule has 25 heavy (non-hydrogen) atoms. The molecule has 0 bridgehead atoms. The highest BCUT2D eigenvalue weighted by atomic mass is 32.1. The number of aromatic amines is 1. The number of hydrogen-bond donors (Lipinski definition) is 1. The van der Waals surface area contributed by atoms with Gasteiger partial charge in [-0.05, 0) is 38.3 Å². The number of aromatic nitrogens is 3. The zero-order valence-corrected chi connectivity index (χ0v) is 15.3. The Kier molecular flexibility index (Phi) is 5.63.